The van der Waals surface area contributed by atoms with Crippen LogP contribution in [0.4, 0.5) is 0 Å². The molecule has 1 saturated heterocycles. The van der Waals surface area contributed by atoms with Gasteiger partial charge in [0.15, 0.2) is 11.5 Å². The van der Waals surface area contributed by atoms with Crippen molar-refractivity contribution in [1.82, 2.24) is 0 Å². The van der Waals surface area contributed by atoms with Gasteiger partial charge in [0, 0.05) is 18.4 Å². The van der Waals surface area contributed by atoms with Crippen LogP contribution in [-0.2, 0) is 6.42 Å². The van der Waals surface area contributed by atoms with E-state index >= 15 is 0 Å². The van der Waals surface area contributed by atoms with Crippen molar-refractivity contribution >= 4 is 5.71 Å². The zero-order valence-corrected chi connectivity index (χ0v) is 15.1. The van der Waals surface area contributed by atoms with Crippen LogP contribution in [0.1, 0.15) is 43.9 Å². The second kappa shape index (κ2) is 7.01. The van der Waals surface area contributed by atoms with Gasteiger partial charge in [-0.15, -0.1) is 0 Å². The number of nitrogens with zero attached hydrogens (tertiary/aromatic N) is 1. The molecule has 1 fully saturated rings. The molecule has 0 radical (unpaired) electrons. The predicted octanol–water partition coefficient (Wildman–Crippen LogP) is 2.08. The average molecular weight is 333 g/mol. The van der Waals surface area contributed by atoms with E-state index in [2.05, 4.69) is 31.1 Å². The Labute approximate surface area is 144 Å². The second-order valence-corrected chi connectivity index (χ2v) is 7.44. The summed E-state index contributed by atoms with van der Waals surface area (Å²) in [6, 6.07) is 4.58. The van der Waals surface area contributed by atoms with Crippen molar-refractivity contribution in [3.8, 4) is 11.5 Å². The molecule has 0 bridgehead atoms. The van der Waals surface area contributed by atoms with Crippen molar-refractivity contribution in [1.29, 1.82) is 0 Å². The van der Waals surface area contributed by atoms with Crippen molar-refractivity contribution in [3.05, 3.63) is 23.3 Å². The van der Waals surface area contributed by atoms with Gasteiger partial charge in [-0.1, -0.05) is 19.0 Å². The van der Waals surface area contributed by atoms with E-state index in [0.717, 1.165) is 49.6 Å². The summed E-state index contributed by atoms with van der Waals surface area (Å²) in [5.74, 6) is 2.58. The largest absolute Gasteiger partial charge is 0.493 e. The van der Waals surface area contributed by atoms with Crippen molar-refractivity contribution in [2.45, 2.75) is 39.2 Å². The predicted molar refractivity (Wildman–Crippen MR) is 93.5 cm³/mol. The number of fused-ring (bicyclic) bond motifs is 3. The first-order valence-electron chi connectivity index (χ1n) is 8.87. The van der Waals surface area contributed by atoms with Crippen LogP contribution in [0.25, 0.3) is 0 Å². The molecule has 0 aromatic heterocycles. The Kier molecular flexibility index (Phi) is 4.99. The molecule has 2 heterocycles. The quantitative estimate of drug-likeness (QED) is 0.655. The van der Waals surface area contributed by atoms with Crippen LogP contribution in [0.5, 0.6) is 11.5 Å². The third-order valence-electron chi connectivity index (χ3n) is 5.51. The first kappa shape index (κ1) is 17.1. The van der Waals surface area contributed by atoms with Gasteiger partial charge in [0.25, 0.3) is 0 Å². The van der Waals surface area contributed by atoms with E-state index in [-0.39, 0.29) is 0 Å². The standard InChI is InChI=1S/C19H28N2O3/c1-12(2)7-14-11-21-6-5-13-8-18(23-3)19(24-4)9-15(13)17(21)10-16(14)20-22/h8-9,12,14,17,22H,5-7,10-11H2,1-4H3/p+1/t14-,17-/m0/s1. The number of quaternary nitrogens is 1. The highest BCUT2D eigenvalue weighted by atomic mass is 16.5. The number of piperidine rings is 1. The highest BCUT2D eigenvalue weighted by Crippen LogP contribution is 2.36. The molecule has 1 unspecified atom stereocenters. The minimum absolute atomic E-state index is 0.350. The minimum atomic E-state index is 0.350. The summed E-state index contributed by atoms with van der Waals surface area (Å²) < 4.78 is 10.9. The number of nitrogens with one attached hydrogen (secondary N) is 1. The molecule has 0 aliphatic carbocycles. The molecule has 24 heavy (non-hydrogen) atoms. The van der Waals surface area contributed by atoms with Crippen LogP contribution in [0.3, 0.4) is 0 Å². The fraction of sp³-hybridized carbons (Fsp3) is 0.632. The van der Waals surface area contributed by atoms with Gasteiger partial charge in [-0.2, -0.15) is 0 Å². The van der Waals surface area contributed by atoms with Crippen LogP contribution >= 0.6 is 0 Å². The van der Waals surface area contributed by atoms with Crippen molar-refractivity contribution in [2.75, 3.05) is 27.3 Å². The SMILES string of the molecule is COc1cc2c(cc1OC)[C@@H]1CC(=NO)[C@@H](CC(C)C)C[NH+]1CC2. The molecular weight excluding hydrogens is 304 g/mol. The van der Waals surface area contributed by atoms with E-state index in [0.29, 0.717) is 17.9 Å². The Morgan fingerprint density at radius 3 is 2.58 bits per heavy atom. The molecule has 3 atom stereocenters. The fourth-order valence-corrected chi connectivity index (χ4v) is 4.39. The van der Waals surface area contributed by atoms with Gasteiger partial charge >= 0.3 is 0 Å². The lowest BCUT2D eigenvalue weighted by Gasteiger charge is -2.41. The zero-order chi connectivity index (χ0) is 17.3. The summed E-state index contributed by atoms with van der Waals surface area (Å²) in [5, 5.41) is 13.2. The molecule has 2 aliphatic heterocycles. The van der Waals surface area contributed by atoms with Crippen molar-refractivity contribution < 1.29 is 19.6 Å². The van der Waals surface area contributed by atoms with Crippen LogP contribution in [0, 0.1) is 11.8 Å². The van der Waals surface area contributed by atoms with E-state index < -0.39 is 0 Å². The molecule has 0 saturated carbocycles. The van der Waals surface area contributed by atoms with E-state index in [1.54, 1.807) is 19.1 Å². The molecule has 1 aromatic carbocycles. The Hall–Kier alpha value is -1.75. The fourth-order valence-electron chi connectivity index (χ4n) is 4.39. The molecule has 2 N–H and O–H groups in total. The minimum Gasteiger partial charge on any atom is -0.493 e. The summed E-state index contributed by atoms with van der Waals surface area (Å²) in [6.45, 7) is 6.65. The monoisotopic (exact) mass is 333 g/mol. The molecule has 132 valence electrons. The molecule has 0 amide bonds. The summed E-state index contributed by atoms with van der Waals surface area (Å²) in [7, 11) is 3.36. The number of benzene rings is 1. The first-order valence-corrected chi connectivity index (χ1v) is 8.87. The molecule has 3 rings (SSSR count). The smallest absolute Gasteiger partial charge is 0.161 e. The van der Waals surface area contributed by atoms with Gasteiger partial charge < -0.3 is 19.6 Å². The summed E-state index contributed by atoms with van der Waals surface area (Å²) in [6.07, 6.45) is 2.97. The molecule has 0 spiro atoms. The molecule has 5 heteroatoms. The third-order valence-corrected chi connectivity index (χ3v) is 5.51. The number of rotatable bonds is 4. The number of oxime groups is 1. The highest BCUT2D eigenvalue weighted by molar-refractivity contribution is 5.87. The summed E-state index contributed by atoms with van der Waals surface area (Å²) in [5.41, 5.74) is 3.61. The van der Waals surface area contributed by atoms with Gasteiger partial charge in [-0.05, 0) is 30.0 Å². The maximum Gasteiger partial charge on any atom is 0.161 e. The summed E-state index contributed by atoms with van der Waals surface area (Å²) in [4.78, 5) is 1.60. The van der Waals surface area contributed by atoms with Gasteiger partial charge in [-0.25, -0.2) is 0 Å². The normalized spacial score (nSPS) is 27.7. The number of methoxy groups -OCH3 is 2. The van der Waals surface area contributed by atoms with Crippen LogP contribution in [0.15, 0.2) is 17.3 Å². The maximum atomic E-state index is 9.53. The van der Waals surface area contributed by atoms with E-state index in [4.69, 9.17) is 9.47 Å². The van der Waals surface area contributed by atoms with Gasteiger partial charge in [-0.3, -0.25) is 0 Å². The number of hydrogen-bond acceptors (Lipinski definition) is 4. The van der Waals surface area contributed by atoms with E-state index in [9.17, 15) is 5.21 Å². The molecule has 5 nitrogen and oxygen atoms in total. The second-order valence-electron chi connectivity index (χ2n) is 7.44. The number of ether oxygens (including phenoxy) is 2. The molecule has 1 aromatic rings. The lowest BCUT2D eigenvalue weighted by Crippen LogP contribution is -3.15. The van der Waals surface area contributed by atoms with Crippen LogP contribution in [-0.4, -0.2) is 38.2 Å². The Morgan fingerprint density at radius 1 is 1.25 bits per heavy atom. The topological polar surface area (TPSA) is 55.5 Å². The molecule has 2 aliphatic rings. The van der Waals surface area contributed by atoms with Crippen molar-refractivity contribution in [3.63, 3.8) is 0 Å². The van der Waals surface area contributed by atoms with E-state index in [1.807, 2.05) is 0 Å². The first-order chi connectivity index (χ1) is 11.6. The van der Waals surface area contributed by atoms with Crippen molar-refractivity contribution in [2.24, 2.45) is 17.0 Å². The zero-order valence-electron chi connectivity index (χ0n) is 15.1. The van der Waals surface area contributed by atoms with Crippen LogP contribution < -0.4 is 14.4 Å². The van der Waals surface area contributed by atoms with Gasteiger partial charge in [0.05, 0.1) is 38.9 Å². The van der Waals surface area contributed by atoms with Gasteiger partial charge in [0.2, 0.25) is 0 Å². The summed E-state index contributed by atoms with van der Waals surface area (Å²) >= 11 is 0. The lowest BCUT2D eigenvalue weighted by atomic mass is 9.79. The third kappa shape index (κ3) is 3.09. The number of hydrogen-bond donors (Lipinski definition) is 2. The average Bonchev–Trinajstić information content (AvgIpc) is 2.59. The maximum absolute atomic E-state index is 9.53. The Balaban J connectivity index is 1.92. The highest BCUT2D eigenvalue weighted by Gasteiger charge is 2.41. The Morgan fingerprint density at radius 2 is 1.96 bits per heavy atom. The van der Waals surface area contributed by atoms with E-state index in [1.165, 1.54) is 11.1 Å². The molecular formula is C19H29N2O3+. The Bertz CT molecular complexity index is 627. The van der Waals surface area contributed by atoms with Gasteiger partial charge in [0.1, 0.15) is 6.04 Å². The lowest BCUT2D eigenvalue weighted by molar-refractivity contribution is -0.938. The van der Waals surface area contributed by atoms with Crippen LogP contribution in [0.2, 0.25) is 0 Å².